The van der Waals surface area contributed by atoms with Crippen LogP contribution in [0.2, 0.25) is 0 Å². The smallest absolute Gasteiger partial charge is 0.196 e. The second-order valence-corrected chi connectivity index (χ2v) is 4.02. The van der Waals surface area contributed by atoms with Gasteiger partial charge in [-0.2, -0.15) is 5.21 Å². The Morgan fingerprint density at radius 3 is 3.06 bits per heavy atom. The number of aryl methyl sites for hydroxylation is 1. The molecule has 1 unspecified atom stereocenters. The van der Waals surface area contributed by atoms with Crippen LogP contribution in [-0.4, -0.2) is 35.2 Å². The number of imidazole rings is 1. The number of pyridine rings is 1. The van der Waals surface area contributed by atoms with Gasteiger partial charge >= 0.3 is 0 Å². The quantitative estimate of drug-likeness (QED) is 0.702. The number of nitrogens with zero attached hydrogens (tertiary/aromatic N) is 6. The van der Waals surface area contributed by atoms with Crippen molar-refractivity contribution in [2.24, 2.45) is 7.05 Å². The van der Waals surface area contributed by atoms with E-state index in [4.69, 9.17) is 0 Å². The van der Waals surface area contributed by atoms with E-state index < -0.39 is 0 Å². The van der Waals surface area contributed by atoms with Gasteiger partial charge in [-0.15, -0.1) is 10.2 Å². The van der Waals surface area contributed by atoms with Crippen molar-refractivity contribution in [1.29, 1.82) is 0 Å². The number of fused-ring (bicyclic) bond motifs is 1. The Morgan fingerprint density at radius 1 is 1.39 bits per heavy atom. The lowest BCUT2D eigenvalue weighted by atomic mass is 10.3. The van der Waals surface area contributed by atoms with E-state index in [1.165, 1.54) is 0 Å². The highest BCUT2D eigenvalue weighted by Crippen LogP contribution is 2.21. The molecule has 92 valence electrons. The molecule has 3 aromatic heterocycles. The van der Waals surface area contributed by atoms with Gasteiger partial charge in [0.1, 0.15) is 5.52 Å². The summed E-state index contributed by atoms with van der Waals surface area (Å²) in [5.74, 6) is 1.30. The Bertz CT molecular complexity index is 656. The van der Waals surface area contributed by atoms with Gasteiger partial charge in [-0.1, -0.05) is 5.21 Å². The molecule has 8 nitrogen and oxygen atoms in total. The average Bonchev–Trinajstić information content (AvgIpc) is 3.00. The summed E-state index contributed by atoms with van der Waals surface area (Å²) in [5, 5.41) is 17.1. The van der Waals surface area contributed by atoms with Crippen molar-refractivity contribution in [3.63, 3.8) is 0 Å². The zero-order valence-electron chi connectivity index (χ0n) is 9.99. The fourth-order valence-corrected chi connectivity index (χ4v) is 1.79. The molecule has 0 aliphatic rings. The highest BCUT2D eigenvalue weighted by Gasteiger charge is 2.13. The molecule has 3 rings (SSSR count). The fraction of sp³-hybridized carbons (Fsp3) is 0.300. The largest absolute Gasteiger partial charge is 0.358 e. The minimum absolute atomic E-state index is 0.0937. The predicted octanol–water partition coefficient (Wildman–Crippen LogP) is 0.654. The molecular weight excluding hydrogens is 232 g/mol. The number of hydrogen-bond acceptors (Lipinski definition) is 6. The Labute approximate surface area is 102 Å². The molecule has 3 heterocycles. The van der Waals surface area contributed by atoms with Gasteiger partial charge in [0, 0.05) is 13.2 Å². The van der Waals surface area contributed by atoms with Crippen molar-refractivity contribution in [2.45, 2.75) is 13.0 Å². The highest BCUT2D eigenvalue weighted by atomic mass is 15.5. The lowest BCUT2D eigenvalue weighted by molar-refractivity contribution is 0.789. The number of hydrogen-bond donors (Lipinski definition) is 2. The molecule has 0 saturated carbocycles. The van der Waals surface area contributed by atoms with E-state index >= 15 is 0 Å². The fourth-order valence-electron chi connectivity index (χ4n) is 1.79. The van der Waals surface area contributed by atoms with E-state index in [0.29, 0.717) is 11.6 Å². The first kappa shape index (κ1) is 10.6. The zero-order valence-corrected chi connectivity index (χ0v) is 9.99. The monoisotopic (exact) mass is 244 g/mol. The van der Waals surface area contributed by atoms with E-state index in [0.717, 1.165) is 11.0 Å². The molecule has 1 atom stereocenters. The van der Waals surface area contributed by atoms with Crippen LogP contribution < -0.4 is 5.32 Å². The maximum atomic E-state index is 4.33. The van der Waals surface area contributed by atoms with Gasteiger partial charge in [-0.3, -0.25) is 0 Å². The minimum Gasteiger partial charge on any atom is -0.358 e. The van der Waals surface area contributed by atoms with Gasteiger partial charge in [-0.25, -0.2) is 9.97 Å². The molecule has 0 aliphatic carbocycles. The van der Waals surface area contributed by atoms with Crippen molar-refractivity contribution in [2.75, 3.05) is 5.32 Å². The summed E-state index contributed by atoms with van der Waals surface area (Å²) in [6, 6.07) is 1.83. The van der Waals surface area contributed by atoms with Crippen LogP contribution in [0.1, 0.15) is 18.8 Å². The van der Waals surface area contributed by atoms with E-state index in [1.54, 1.807) is 12.5 Å². The van der Waals surface area contributed by atoms with Crippen LogP contribution in [0.3, 0.4) is 0 Å². The lowest BCUT2D eigenvalue weighted by Crippen LogP contribution is -2.10. The summed E-state index contributed by atoms with van der Waals surface area (Å²) in [6.45, 7) is 1.94. The number of rotatable bonds is 3. The summed E-state index contributed by atoms with van der Waals surface area (Å²) in [4.78, 5) is 8.62. The van der Waals surface area contributed by atoms with E-state index in [1.807, 2.05) is 24.6 Å². The van der Waals surface area contributed by atoms with Crippen molar-refractivity contribution < 1.29 is 0 Å². The number of aromatic nitrogens is 7. The van der Waals surface area contributed by atoms with Gasteiger partial charge in [0.25, 0.3) is 0 Å². The number of anilines is 1. The summed E-state index contributed by atoms with van der Waals surface area (Å²) < 4.78 is 1.95. The Morgan fingerprint density at radius 2 is 2.28 bits per heavy atom. The average molecular weight is 244 g/mol. The third-order valence-corrected chi connectivity index (χ3v) is 2.75. The van der Waals surface area contributed by atoms with Gasteiger partial charge in [-0.05, 0) is 13.0 Å². The highest BCUT2D eigenvalue weighted by molar-refractivity contribution is 5.85. The standard InChI is InChI=1S/C10H12N8/c1-6(9-14-16-17-15-9)13-10-8-7(3-4-11-10)18(2)5-12-8/h3-6H,1-2H3,(H,11,13)(H,14,15,16,17). The van der Waals surface area contributed by atoms with Crippen LogP contribution in [0.15, 0.2) is 18.6 Å². The van der Waals surface area contributed by atoms with Crippen LogP contribution in [0.25, 0.3) is 11.0 Å². The normalized spacial score (nSPS) is 12.8. The first-order valence-corrected chi connectivity index (χ1v) is 5.51. The van der Waals surface area contributed by atoms with Crippen molar-refractivity contribution >= 4 is 16.9 Å². The Balaban J connectivity index is 1.95. The zero-order chi connectivity index (χ0) is 12.5. The van der Waals surface area contributed by atoms with E-state index in [2.05, 4.69) is 35.9 Å². The third kappa shape index (κ3) is 1.67. The second kappa shape index (κ2) is 4.06. The molecule has 2 N–H and O–H groups in total. The van der Waals surface area contributed by atoms with Gasteiger partial charge < -0.3 is 9.88 Å². The topological polar surface area (TPSA) is 97.2 Å². The summed E-state index contributed by atoms with van der Waals surface area (Å²) in [6.07, 6.45) is 3.51. The van der Waals surface area contributed by atoms with Gasteiger partial charge in [0.2, 0.25) is 0 Å². The van der Waals surface area contributed by atoms with Crippen LogP contribution >= 0.6 is 0 Å². The SMILES string of the molecule is CC(Nc1nccc2c1ncn2C)c1nn[nH]n1. The van der Waals surface area contributed by atoms with Gasteiger partial charge in [0.05, 0.1) is 17.9 Å². The molecule has 3 aromatic rings. The number of tetrazole rings is 1. The van der Waals surface area contributed by atoms with Gasteiger partial charge in [0.15, 0.2) is 11.6 Å². The molecule has 0 fully saturated rings. The molecular formula is C10H12N8. The van der Waals surface area contributed by atoms with Crippen molar-refractivity contribution in [3.05, 3.63) is 24.4 Å². The predicted molar refractivity (Wildman–Crippen MR) is 64.7 cm³/mol. The van der Waals surface area contributed by atoms with Crippen molar-refractivity contribution in [3.8, 4) is 0 Å². The second-order valence-electron chi connectivity index (χ2n) is 4.02. The van der Waals surface area contributed by atoms with E-state index in [9.17, 15) is 0 Å². The maximum absolute atomic E-state index is 4.33. The first-order chi connectivity index (χ1) is 8.75. The Hall–Kier alpha value is -2.51. The molecule has 0 aromatic carbocycles. The molecule has 0 radical (unpaired) electrons. The summed E-state index contributed by atoms with van der Waals surface area (Å²) in [7, 11) is 1.95. The number of aromatic amines is 1. The van der Waals surface area contributed by atoms with E-state index in [-0.39, 0.29) is 6.04 Å². The summed E-state index contributed by atoms with van der Waals surface area (Å²) in [5.41, 5.74) is 1.85. The third-order valence-electron chi connectivity index (χ3n) is 2.75. The number of H-pyrrole nitrogens is 1. The molecule has 8 heteroatoms. The van der Waals surface area contributed by atoms with Crippen LogP contribution in [0.5, 0.6) is 0 Å². The van der Waals surface area contributed by atoms with Crippen LogP contribution in [0, 0.1) is 0 Å². The van der Waals surface area contributed by atoms with Crippen LogP contribution in [-0.2, 0) is 7.05 Å². The van der Waals surface area contributed by atoms with Crippen LogP contribution in [0.4, 0.5) is 5.82 Å². The number of nitrogens with one attached hydrogen (secondary N) is 2. The lowest BCUT2D eigenvalue weighted by Gasteiger charge is -2.10. The minimum atomic E-state index is -0.0937. The molecule has 0 amide bonds. The molecule has 0 spiro atoms. The molecule has 18 heavy (non-hydrogen) atoms. The molecule has 0 saturated heterocycles. The Kier molecular flexibility index (Phi) is 2.40. The maximum Gasteiger partial charge on any atom is 0.196 e. The van der Waals surface area contributed by atoms with Crippen molar-refractivity contribution in [1.82, 2.24) is 35.2 Å². The summed E-state index contributed by atoms with van der Waals surface area (Å²) >= 11 is 0. The first-order valence-electron chi connectivity index (χ1n) is 5.51. The molecule has 0 bridgehead atoms. The molecule has 0 aliphatic heterocycles.